The van der Waals surface area contributed by atoms with Gasteiger partial charge in [0.05, 0.1) is 28.8 Å². The highest BCUT2D eigenvalue weighted by Crippen LogP contribution is 2.49. The van der Waals surface area contributed by atoms with Gasteiger partial charge in [0.1, 0.15) is 5.82 Å². The number of alkyl halides is 3. The van der Waals surface area contributed by atoms with Crippen molar-refractivity contribution in [2.24, 2.45) is 5.73 Å². The predicted octanol–water partition coefficient (Wildman–Crippen LogP) is 5.38. The number of nitriles is 1. The summed E-state index contributed by atoms with van der Waals surface area (Å²) < 4.78 is 41.2. The number of carbonyl (C=O) groups excluding carboxylic acids is 1. The number of anilines is 1. The molecule has 0 saturated carbocycles. The van der Waals surface area contributed by atoms with E-state index >= 15 is 0 Å². The monoisotopic (exact) mass is 429 g/mol. The number of nitrogens with two attached hydrogens (primary N) is 1. The summed E-state index contributed by atoms with van der Waals surface area (Å²) in [6.45, 7) is 1.92. The lowest BCUT2D eigenvalue weighted by Crippen LogP contribution is -2.39. The molecule has 4 nitrogen and oxygen atoms in total. The van der Waals surface area contributed by atoms with E-state index < -0.39 is 17.7 Å². The minimum absolute atomic E-state index is 0.0568. The second-order valence-electron chi connectivity index (χ2n) is 7.28. The lowest BCUT2D eigenvalue weighted by molar-refractivity contribution is -0.137. The second kappa shape index (κ2) is 7.33. The number of benzene rings is 1. The molecule has 0 saturated heterocycles. The van der Waals surface area contributed by atoms with Crippen LogP contribution < -0.4 is 10.6 Å². The van der Waals surface area contributed by atoms with Crippen molar-refractivity contribution >= 4 is 22.8 Å². The fraction of sp³-hybridized carbons (Fsp3) is 0.273. The SMILES string of the molecule is Cc1ccc(C2C(C#N)=C(N)N(c3ccccc3C(F)(F)F)C3=C2C(=O)CCC3)s1. The van der Waals surface area contributed by atoms with Crippen LogP contribution >= 0.6 is 11.3 Å². The van der Waals surface area contributed by atoms with Crippen LogP contribution in [-0.2, 0) is 11.0 Å². The first kappa shape index (κ1) is 20.2. The topological polar surface area (TPSA) is 70.1 Å². The van der Waals surface area contributed by atoms with Gasteiger partial charge in [0, 0.05) is 27.4 Å². The summed E-state index contributed by atoms with van der Waals surface area (Å²) in [6.07, 6.45) is -3.38. The van der Waals surface area contributed by atoms with E-state index in [1.165, 1.54) is 34.4 Å². The number of allylic oxidation sites excluding steroid dienone is 3. The van der Waals surface area contributed by atoms with Crippen molar-refractivity contribution in [3.63, 3.8) is 0 Å². The van der Waals surface area contributed by atoms with E-state index in [1.807, 2.05) is 19.1 Å². The van der Waals surface area contributed by atoms with Gasteiger partial charge in [-0.15, -0.1) is 11.3 Å². The number of Topliss-reactive ketones (excluding diaryl/α,β-unsaturated/α-hetero) is 1. The van der Waals surface area contributed by atoms with E-state index in [0.717, 1.165) is 15.8 Å². The molecule has 2 aromatic rings. The molecule has 2 N–H and O–H groups in total. The van der Waals surface area contributed by atoms with Gasteiger partial charge in [0.25, 0.3) is 0 Å². The molecule has 8 heteroatoms. The Balaban J connectivity index is 2.01. The summed E-state index contributed by atoms with van der Waals surface area (Å²) in [5, 5.41) is 9.90. The van der Waals surface area contributed by atoms with Crippen LogP contribution in [0.4, 0.5) is 18.9 Å². The van der Waals surface area contributed by atoms with Crippen LogP contribution in [-0.4, -0.2) is 5.78 Å². The minimum atomic E-state index is -4.61. The molecular weight excluding hydrogens is 411 g/mol. The minimum Gasteiger partial charge on any atom is -0.384 e. The Morgan fingerprint density at radius 1 is 1.20 bits per heavy atom. The largest absolute Gasteiger partial charge is 0.418 e. The van der Waals surface area contributed by atoms with Crippen LogP contribution in [0.5, 0.6) is 0 Å². The highest BCUT2D eigenvalue weighted by atomic mass is 32.1. The average Bonchev–Trinajstić information content (AvgIpc) is 3.12. The van der Waals surface area contributed by atoms with E-state index in [2.05, 4.69) is 6.07 Å². The van der Waals surface area contributed by atoms with Crippen molar-refractivity contribution in [3.8, 4) is 6.07 Å². The maximum atomic E-state index is 13.7. The molecule has 1 atom stereocenters. The maximum Gasteiger partial charge on any atom is 0.418 e. The molecule has 4 rings (SSSR count). The van der Waals surface area contributed by atoms with Crippen LogP contribution in [0.25, 0.3) is 0 Å². The molecule has 1 aromatic heterocycles. The van der Waals surface area contributed by atoms with Gasteiger partial charge in [0.15, 0.2) is 5.78 Å². The van der Waals surface area contributed by atoms with Crippen molar-refractivity contribution < 1.29 is 18.0 Å². The Hall–Kier alpha value is -3.05. The van der Waals surface area contributed by atoms with Crippen LogP contribution in [0.1, 0.15) is 40.5 Å². The van der Waals surface area contributed by atoms with Gasteiger partial charge < -0.3 is 5.73 Å². The summed E-state index contributed by atoms with van der Waals surface area (Å²) in [6, 6.07) is 10.9. The Bertz CT molecular complexity index is 1140. The second-order valence-corrected chi connectivity index (χ2v) is 8.60. The van der Waals surface area contributed by atoms with Gasteiger partial charge >= 0.3 is 6.18 Å². The van der Waals surface area contributed by atoms with Gasteiger partial charge in [-0.05, 0) is 44.0 Å². The van der Waals surface area contributed by atoms with Crippen LogP contribution in [0.15, 0.2) is 59.1 Å². The van der Waals surface area contributed by atoms with Crippen molar-refractivity contribution in [2.45, 2.75) is 38.3 Å². The Morgan fingerprint density at radius 2 is 1.93 bits per heavy atom. The lowest BCUT2D eigenvalue weighted by atomic mass is 9.78. The molecular formula is C22H18F3N3OS. The molecule has 0 radical (unpaired) electrons. The van der Waals surface area contributed by atoms with Crippen molar-refractivity contribution in [2.75, 3.05) is 4.90 Å². The smallest absolute Gasteiger partial charge is 0.384 e. The van der Waals surface area contributed by atoms with Crippen LogP contribution in [0.3, 0.4) is 0 Å². The molecule has 1 unspecified atom stereocenters. The van der Waals surface area contributed by atoms with E-state index in [-0.39, 0.29) is 22.9 Å². The molecule has 1 aliphatic heterocycles. The quantitative estimate of drug-likeness (QED) is 0.696. The number of hydrogen-bond acceptors (Lipinski definition) is 5. The van der Waals surface area contributed by atoms with Gasteiger partial charge in [-0.2, -0.15) is 18.4 Å². The number of hydrogen-bond donors (Lipinski definition) is 1. The van der Waals surface area contributed by atoms with E-state index in [0.29, 0.717) is 30.5 Å². The number of aryl methyl sites for hydroxylation is 1. The molecule has 1 aromatic carbocycles. The summed E-state index contributed by atoms with van der Waals surface area (Å²) >= 11 is 1.45. The zero-order valence-electron chi connectivity index (χ0n) is 16.1. The third-order valence-electron chi connectivity index (χ3n) is 5.41. The van der Waals surface area contributed by atoms with E-state index in [4.69, 9.17) is 5.73 Å². The Morgan fingerprint density at radius 3 is 2.57 bits per heavy atom. The number of para-hydroxylation sites is 1. The number of rotatable bonds is 2. The Labute approximate surface area is 175 Å². The van der Waals surface area contributed by atoms with Gasteiger partial charge in [-0.1, -0.05) is 12.1 Å². The number of ketones is 1. The van der Waals surface area contributed by atoms with Crippen LogP contribution in [0.2, 0.25) is 0 Å². The molecule has 0 spiro atoms. The van der Waals surface area contributed by atoms with Gasteiger partial charge in [-0.3, -0.25) is 9.69 Å². The fourth-order valence-electron chi connectivity index (χ4n) is 4.16. The first-order valence-electron chi connectivity index (χ1n) is 9.42. The first-order valence-corrected chi connectivity index (χ1v) is 10.2. The molecule has 2 heterocycles. The average molecular weight is 429 g/mol. The molecule has 30 heavy (non-hydrogen) atoms. The molecule has 1 aliphatic carbocycles. The fourth-order valence-corrected chi connectivity index (χ4v) is 5.16. The summed E-state index contributed by atoms with van der Waals surface area (Å²) in [7, 11) is 0. The normalized spacial score (nSPS) is 19.8. The van der Waals surface area contributed by atoms with Crippen molar-refractivity contribution in [1.82, 2.24) is 0 Å². The predicted molar refractivity (Wildman–Crippen MR) is 108 cm³/mol. The molecule has 0 bridgehead atoms. The van der Waals surface area contributed by atoms with Crippen molar-refractivity contribution in [3.05, 3.63) is 74.4 Å². The Kier molecular flexibility index (Phi) is 4.94. The number of nitrogens with zero attached hydrogens (tertiary/aromatic N) is 2. The van der Waals surface area contributed by atoms with Crippen LogP contribution in [0, 0.1) is 18.3 Å². The number of halogens is 3. The lowest BCUT2D eigenvalue weighted by Gasteiger charge is -2.40. The molecule has 2 aliphatic rings. The third kappa shape index (κ3) is 3.19. The summed E-state index contributed by atoms with van der Waals surface area (Å²) in [5.74, 6) is -0.855. The molecule has 0 fully saturated rings. The zero-order chi connectivity index (χ0) is 21.6. The van der Waals surface area contributed by atoms with E-state index in [9.17, 15) is 23.2 Å². The highest BCUT2D eigenvalue weighted by molar-refractivity contribution is 7.12. The number of thiophene rings is 1. The van der Waals surface area contributed by atoms with Gasteiger partial charge in [-0.25, -0.2) is 0 Å². The van der Waals surface area contributed by atoms with Gasteiger partial charge in [0.2, 0.25) is 0 Å². The first-order chi connectivity index (χ1) is 14.2. The highest BCUT2D eigenvalue weighted by Gasteiger charge is 2.43. The number of carbonyl (C=O) groups is 1. The molecule has 154 valence electrons. The maximum absolute atomic E-state index is 13.7. The van der Waals surface area contributed by atoms with Crippen molar-refractivity contribution in [1.29, 1.82) is 5.26 Å². The third-order valence-corrected chi connectivity index (χ3v) is 6.47. The summed E-state index contributed by atoms with van der Waals surface area (Å²) in [5.41, 5.74) is 6.25. The summed E-state index contributed by atoms with van der Waals surface area (Å²) in [4.78, 5) is 16.0. The molecule has 0 amide bonds. The zero-order valence-corrected chi connectivity index (χ0v) is 16.9. The van der Waals surface area contributed by atoms with E-state index in [1.54, 1.807) is 0 Å². The standard InChI is InChI=1S/C22H18F3N3OS/c1-12-9-10-18(30-12)19-13(11-26)21(27)28(16-7-4-8-17(29)20(16)19)15-6-3-2-5-14(15)22(23,24)25/h2-3,5-6,9-10,19H,4,7-8,27H2,1H3.